The van der Waals surface area contributed by atoms with Crippen molar-refractivity contribution >= 4 is 0 Å². The lowest BCUT2D eigenvalue weighted by molar-refractivity contribution is 0.207. The topological polar surface area (TPSA) is 39.7 Å². The van der Waals surface area contributed by atoms with E-state index in [1.165, 1.54) is 11.1 Å². The molecule has 0 saturated heterocycles. The number of rotatable bonds is 16. The van der Waals surface area contributed by atoms with E-state index < -0.39 is 0 Å². The van der Waals surface area contributed by atoms with Crippen molar-refractivity contribution in [3.63, 3.8) is 0 Å². The van der Waals surface area contributed by atoms with Gasteiger partial charge in [0.25, 0.3) is 0 Å². The highest BCUT2D eigenvalue weighted by Gasteiger charge is 2.13. The molecule has 0 saturated carbocycles. The lowest BCUT2D eigenvalue weighted by atomic mass is 9.93. The summed E-state index contributed by atoms with van der Waals surface area (Å²) in [7, 11) is 0. The number of ether oxygens (including phenoxy) is 3. The summed E-state index contributed by atoms with van der Waals surface area (Å²) in [5.74, 6) is 3.11. The number of allylic oxidation sites excluding steroid dienone is 3. The average molecular weight is 574 g/mol. The van der Waals surface area contributed by atoms with Crippen LogP contribution in [0.3, 0.4) is 0 Å². The Labute approximate surface area is 257 Å². The Bertz CT molecular complexity index is 1430. The Morgan fingerprint density at radius 1 is 0.674 bits per heavy atom. The Morgan fingerprint density at radius 3 is 1.84 bits per heavy atom. The molecule has 43 heavy (non-hydrogen) atoms. The molecule has 4 aromatic rings. The van der Waals surface area contributed by atoms with E-state index in [4.69, 9.17) is 14.2 Å². The zero-order valence-corrected chi connectivity index (χ0v) is 25.2. The van der Waals surface area contributed by atoms with Crippen LogP contribution in [0.2, 0.25) is 0 Å². The molecule has 0 bridgehead atoms. The van der Waals surface area contributed by atoms with Gasteiger partial charge in [0.05, 0.1) is 0 Å². The molecule has 0 aliphatic heterocycles. The van der Waals surface area contributed by atoms with Crippen molar-refractivity contribution in [3.05, 3.63) is 155 Å². The van der Waals surface area contributed by atoms with Gasteiger partial charge in [0.2, 0.25) is 0 Å². The van der Waals surface area contributed by atoms with Crippen LogP contribution in [0.1, 0.15) is 48.4 Å². The molecule has 0 aromatic heterocycles. The summed E-state index contributed by atoms with van der Waals surface area (Å²) < 4.78 is 18.4. The van der Waals surface area contributed by atoms with Crippen molar-refractivity contribution in [2.45, 2.75) is 58.5 Å². The van der Waals surface area contributed by atoms with E-state index in [2.05, 4.69) is 79.0 Å². The summed E-state index contributed by atoms with van der Waals surface area (Å²) in [6.45, 7) is 4.83. The molecule has 4 nitrogen and oxygen atoms in total. The molecule has 0 spiro atoms. The van der Waals surface area contributed by atoms with E-state index >= 15 is 0 Å². The lowest BCUT2D eigenvalue weighted by Gasteiger charge is -2.20. The van der Waals surface area contributed by atoms with Crippen molar-refractivity contribution in [3.8, 4) is 11.5 Å². The summed E-state index contributed by atoms with van der Waals surface area (Å²) in [5, 5.41) is 3.72. The first-order valence-corrected chi connectivity index (χ1v) is 15.5. The van der Waals surface area contributed by atoms with E-state index in [1.807, 2.05) is 60.7 Å². The summed E-state index contributed by atoms with van der Waals surface area (Å²) in [6.07, 6.45) is 11.0. The van der Waals surface area contributed by atoms with Gasteiger partial charge < -0.3 is 19.5 Å². The first-order chi connectivity index (χ1) is 21.2. The molecule has 1 aliphatic carbocycles. The van der Waals surface area contributed by atoms with Crippen LogP contribution in [-0.4, -0.2) is 12.6 Å². The predicted molar refractivity (Wildman–Crippen MR) is 175 cm³/mol. The van der Waals surface area contributed by atoms with Crippen LogP contribution in [0, 0.1) is 5.92 Å². The van der Waals surface area contributed by atoms with Crippen LogP contribution in [0.15, 0.2) is 133 Å². The molecule has 4 aromatic carbocycles. The van der Waals surface area contributed by atoms with Gasteiger partial charge in [0.1, 0.15) is 25.6 Å². The predicted octanol–water partition coefficient (Wildman–Crippen LogP) is 8.82. The van der Waals surface area contributed by atoms with Crippen molar-refractivity contribution in [1.82, 2.24) is 5.32 Å². The quantitative estimate of drug-likeness (QED) is 0.145. The van der Waals surface area contributed by atoms with E-state index in [0.717, 1.165) is 60.6 Å². The first-order valence-electron chi connectivity index (χ1n) is 15.5. The van der Waals surface area contributed by atoms with Crippen molar-refractivity contribution in [2.75, 3.05) is 6.54 Å². The fraction of sp³-hybridized carbons (Fsp3) is 0.282. The maximum absolute atomic E-state index is 6.27. The van der Waals surface area contributed by atoms with Crippen LogP contribution in [0.4, 0.5) is 0 Å². The number of benzene rings is 4. The van der Waals surface area contributed by atoms with Gasteiger partial charge in [-0.25, -0.2) is 0 Å². The standard InChI is InChI=1S/C39H43NO3/c1-31(17-18-32-19-22-37(23-20-32)41-28-34-11-5-2-6-12-34)40-26-25-33-21-24-38(42-29-35-13-7-3-8-14-35)39(27-33)43-30-36-15-9-4-10-16-36/h2-16,19,21-24,27,31-32,40H,17-18,20,25-26,28-30H2,1H3. The van der Waals surface area contributed by atoms with Gasteiger partial charge in [-0.05, 0) is 91.6 Å². The minimum absolute atomic E-state index is 0.454. The third-order valence-electron chi connectivity index (χ3n) is 7.76. The third-order valence-corrected chi connectivity index (χ3v) is 7.76. The van der Waals surface area contributed by atoms with Crippen molar-refractivity contribution < 1.29 is 14.2 Å². The minimum Gasteiger partial charge on any atom is -0.489 e. The van der Waals surface area contributed by atoms with Crippen LogP contribution < -0.4 is 14.8 Å². The summed E-state index contributed by atoms with van der Waals surface area (Å²) in [4.78, 5) is 0. The van der Waals surface area contributed by atoms with Crippen LogP contribution >= 0.6 is 0 Å². The van der Waals surface area contributed by atoms with Gasteiger partial charge in [0, 0.05) is 6.04 Å². The number of hydrogen-bond donors (Lipinski definition) is 1. The molecule has 2 atom stereocenters. The van der Waals surface area contributed by atoms with Gasteiger partial charge in [-0.15, -0.1) is 0 Å². The average Bonchev–Trinajstić information content (AvgIpc) is 3.07. The molecule has 0 heterocycles. The molecule has 2 unspecified atom stereocenters. The van der Waals surface area contributed by atoms with Crippen LogP contribution in [-0.2, 0) is 31.0 Å². The molecule has 0 amide bonds. The fourth-order valence-electron chi connectivity index (χ4n) is 5.15. The fourth-order valence-corrected chi connectivity index (χ4v) is 5.15. The van der Waals surface area contributed by atoms with Gasteiger partial charge in [-0.2, -0.15) is 0 Å². The van der Waals surface area contributed by atoms with Gasteiger partial charge in [-0.1, -0.05) is 103 Å². The largest absolute Gasteiger partial charge is 0.489 e. The van der Waals surface area contributed by atoms with Gasteiger partial charge in [0.15, 0.2) is 11.5 Å². The highest BCUT2D eigenvalue weighted by atomic mass is 16.5. The Hall–Kier alpha value is -4.28. The lowest BCUT2D eigenvalue weighted by Crippen LogP contribution is -2.28. The molecule has 1 N–H and O–H groups in total. The molecule has 4 heteroatoms. The number of nitrogens with one attached hydrogen (secondary N) is 1. The molecular formula is C39H43NO3. The second-order valence-corrected chi connectivity index (χ2v) is 11.2. The van der Waals surface area contributed by atoms with Crippen molar-refractivity contribution in [1.29, 1.82) is 0 Å². The second kappa shape index (κ2) is 16.4. The zero-order valence-electron chi connectivity index (χ0n) is 25.2. The first kappa shape index (κ1) is 30.2. The maximum Gasteiger partial charge on any atom is 0.161 e. The van der Waals surface area contributed by atoms with Crippen LogP contribution in [0.5, 0.6) is 11.5 Å². The molecule has 222 valence electrons. The van der Waals surface area contributed by atoms with Crippen LogP contribution in [0.25, 0.3) is 0 Å². The summed E-state index contributed by atoms with van der Waals surface area (Å²) in [5.41, 5.74) is 4.70. The van der Waals surface area contributed by atoms with Gasteiger partial charge >= 0.3 is 0 Å². The zero-order chi connectivity index (χ0) is 29.5. The third kappa shape index (κ3) is 10.2. The Balaban J connectivity index is 1.06. The maximum atomic E-state index is 6.27. The molecule has 1 aliphatic rings. The van der Waals surface area contributed by atoms with E-state index in [1.54, 1.807) is 0 Å². The normalized spacial score (nSPS) is 15.0. The highest BCUT2D eigenvalue weighted by Crippen LogP contribution is 2.30. The Kier molecular flexibility index (Phi) is 11.5. The smallest absolute Gasteiger partial charge is 0.161 e. The highest BCUT2D eigenvalue weighted by molar-refractivity contribution is 5.43. The summed E-state index contributed by atoms with van der Waals surface area (Å²) >= 11 is 0. The van der Waals surface area contributed by atoms with E-state index in [0.29, 0.717) is 31.8 Å². The molecule has 0 radical (unpaired) electrons. The monoisotopic (exact) mass is 573 g/mol. The van der Waals surface area contributed by atoms with E-state index in [9.17, 15) is 0 Å². The van der Waals surface area contributed by atoms with E-state index in [-0.39, 0.29) is 0 Å². The summed E-state index contributed by atoms with van der Waals surface area (Å²) in [6, 6.07) is 37.6. The molecule has 5 rings (SSSR count). The number of hydrogen-bond acceptors (Lipinski definition) is 4. The Morgan fingerprint density at radius 2 is 1.26 bits per heavy atom. The SMILES string of the molecule is CC(CCC1C=CC(OCc2ccccc2)=CC1)NCCc1ccc(OCc2ccccc2)c(OCc2ccccc2)c1. The molecular weight excluding hydrogens is 530 g/mol. The minimum atomic E-state index is 0.454. The van der Waals surface area contributed by atoms with Crippen molar-refractivity contribution in [2.24, 2.45) is 5.92 Å². The molecule has 0 fully saturated rings. The second-order valence-electron chi connectivity index (χ2n) is 11.2. The van der Waals surface area contributed by atoms with Gasteiger partial charge in [-0.3, -0.25) is 0 Å².